The number of amides is 1. The van der Waals surface area contributed by atoms with E-state index >= 15 is 0 Å². The first kappa shape index (κ1) is 20.7. The van der Waals surface area contributed by atoms with Crippen LogP contribution in [-0.2, 0) is 14.8 Å². The summed E-state index contributed by atoms with van der Waals surface area (Å²) in [7, 11) is -1.85. The van der Waals surface area contributed by atoms with E-state index in [1.54, 1.807) is 47.6 Å². The molecule has 3 aromatic rings. The highest BCUT2D eigenvalue weighted by molar-refractivity contribution is 7.92. The highest BCUT2D eigenvalue weighted by atomic mass is 32.2. The van der Waals surface area contributed by atoms with Crippen LogP contribution in [0.2, 0.25) is 0 Å². The summed E-state index contributed by atoms with van der Waals surface area (Å²) >= 11 is 0. The minimum absolute atomic E-state index is 0.118. The Balaban J connectivity index is 1.50. The number of anilines is 3. The molecular formula is C20H22N6O4S. The molecule has 1 unspecified atom stereocenters. The number of rotatable bonds is 7. The number of H-pyrrole nitrogens is 1. The molecule has 1 aliphatic rings. The normalized spacial score (nSPS) is 16.4. The maximum Gasteiger partial charge on any atom is 0.250 e. The van der Waals surface area contributed by atoms with Crippen LogP contribution in [0.1, 0.15) is 6.42 Å². The molecule has 1 saturated heterocycles. The number of methoxy groups -OCH3 is 1. The SMILES string of the molecule is COc1nc(N2CCC(Nc3cccc(NS(C)(=O)=O)c3)C2=O)ccc1-c1cn[nH]c1. The van der Waals surface area contributed by atoms with Crippen molar-refractivity contribution in [2.45, 2.75) is 12.5 Å². The molecule has 1 fully saturated rings. The lowest BCUT2D eigenvalue weighted by molar-refractivity contribution is -0.117. The first-order chi connectivity index (χ1) is 14.8. The third-order valence-corrected chi connectivity index (χ3v) is 5.44. The van der Waals surface area contributed by atoms with Gasteiger partial charge in [0.1, 0.15) is 11.9 Å². The van der Waals surface area contributed by atoms with Crippen molar-refractivity contribution in [2.24, 2.45) is 0 Å². The molecule has 10 nitrogen and oxygen atoms in total. The molecule has 162 valence electrons. The largest absolute Gasteiger partial charge is 0.480 e. The van der Waals surface area contributed by atoms with Gasteiger partial charge >= 0.3 is 0 Å². The number of hydrogen-bond donors (Lipinski definition) is 3. The zero-order valence-corrected chi connectivity index (χ0v) is 17.8. The number of aromatic amines is 1. The molecule has 1 amide bonds. The van der Waals surface area contributed by atoms with E-state index in [0.29, 0.717) is 36.0 Å². The minimum Gasteiger partial charge on any atom is -0.480 e. The number of nitrogens with one attached hydrogen (secondary N) is 3. The molecule has 0 bridgehead atoms. The summed E-state index contributed by atoms with van der Waals surface area (Å²) in [5.74, 6) is 0.792. The number of carbonyl (C=O) groups is 1. The number of hydrogen-bond acceptors (Lipinski definition) is 7. The molecular weight excluding hydrogens is 420 g/mol. The van der Waals surface area contributed by atoms with E-state index in [-0.39, 0.29) is 5.91 Å². The van der Waals surface area contributed by atoms with Crippen LogP contribution < -0.4 is 19.7 Å². The number of ether oxygens (including phenoxy) is 1. The van der Waals surface area contributed by atoms with Crippen molar-refractivity contribution in [3.8, 4) is 17.0 Å². The number of aromatic nitrogens is 3. The molecule has 3 heterocycles. The second-order valence-corrected chi connectivity index (χ2v) is 8.89. The molecule has 11 heteroatoms. The number of benzene rings is 1. The highest BCUT2D eigenvalue weighted by Gasteiger charge is 2.33. The third-order valence-electron chi connectivity index (χ3n) is 4.84. The van der Waals surface area contributed by atoms with Crippen LogP contribution in [-0.4, -0.2) is 55.5 Å². The molecule has 0 aliphatic carbocycles. The van der Waals surface area contributed by atoms with Crippen molar-refractivity contribution in [1.29, 1.82) is 0 Å². The number of sulfonamides is 1. The van der Waals surface area contributed by atoms with Crippen molar-refractivity contribution in [3.05, 3.63) is 48.8 Å². The maximum absolute atomic E-state index is 13.0. The predicted molar refractivity (Wildman–Crippen MR) is 118 cm³/mol. The molecule has 0 radical (unpaired) electrons. The van der Waals surface area contributed by atoms with Crippen LogP contribution in [0.4, 0.5) is 17.2 Å². The van der Waals surface area contributed by atoms with E-state index in [2.05, 4.69) is 25.2 Å². The quantitative estimate of drug-likeness (QED) is 0.511. The van der Waals surface area contributed by atoms with Gasteiger partial charge in [0.2, 0.25) is 15.9 Å². The summed E-state index contributed by atoms with van der Waals surface area (Å²) in [6, 6.07) is 9.97. The van der Waals surface area contributed by atoms with Gasteiger partial charge in [-0.05, 0) is 36.8 Å². The summed E-state index contributed by atoms with van der Waals surface area (Å²) < 4.78 is 30.7. The molecule has 0 saturated carbocycles. The summed E-state index contributed by atoms with van der Waals surface area (Å²) in [6.07, 6.45) is 5.08. The van der Waals surface area contributed by atoms with Crippen LogP contribution in [0, 0.1) is 0 Å². The fourth-order valence-corrected chi connectivity index (χ4v) is 4.04. The number of pyridine rings is 1. The van der Waals surface area contributed by atoms with Gasteiger partial charge in [0, 0.05) is 29.6 Å². The third kappa shape index (κ3) is 4.61. The topological polar surface area (TPSA) is 129 Å². The fourth-order valence-electron chi connectivity index (χ4n) is 3.48. The van der Waals surface area contributed by atoms with Crippen LogP contribution in [0.25, 0.3) is 11.1 Å². The number of nitrogens with zero attached hydrogens (tertiary/aromatic N) is 3. The lowest BCUT2D eigenvalue weighted by Crippen LogP contribution is -2.34. The van der Waals surface area contributed by atoms with Crippen molar-refractivity contribution in [3.63, 3.8) is 0 Å². The smallest absolute Gasteiger partial charge is 0.250 e. The van der Waals surface area contributed by atoms with Gasteiger partial charge < -0.3 is 10.1 Å². The predicted octanol–water partition coefficient (Wildman–Crippen LogP) is 2.07. The van der Waals surface area contributed by atoms with Crippen molar-refractivity contribution in [2.75, 3.05) is 34.8 Å². The van der Waals surface area contributed by atoms with Gasteiger partial charge in [-0.2, -0.15) is 10.1 Å². The Labute approximate surface area is 179 Å². The molecule has 1 aliphatic heterocycles. The van der Waals surface area contributed by atoms with Gasteiger partial charge in [-0.15, -0.1) is 0 Å². The molecule has 1 aromatic carbocycles. The van der Waals surface area contributed by atoms with Crippen molar-refractivity contribution < 1.29 is 17.9 Å². The summed E-state index contributed by atoms with van der Waals surface area (Å²) in [4.78, 5) is 19.1. The van der Waals surface area contributed by atoms with E-state index in [0.717, 1.165) is 17.4 Å². The van der Waals surface area contributed by atoms with Gasteiger partial charge in [-0.3, -0.25) is 19.5 Å². The second kappa shape index (κ2) is 8.26. The Morgan fingerprint density at radius 3 is 2.74 bits per heavy atom. The molecule has 1 atom stereocenters. The highest BCUT2D eigenvalue weighted by Crippen LogP contribution is 2.31. The molecule has 31 heavy (non-hydrogen) atoms. The lowest BCUT2D eigenvalue weighted by atomic mass is 10.1. The van der Waals surface area contributed by atoms with Gasteiger partial charge in [-0.1, -0.05) is 6.07 Å². The van der Waals surface area contributed by atoms with E-state index in [1.165, 1.54) is 7.11 Å². The Morgan fingerprint density at radius 2 is 2.03 bits per heavy atom. The Morgan fingerprint density at radius 1 is 1.23 bits per heavy atom. The van der Waals surface area contributed by atoms with Gasteiger partial charge in [-0.25, -0.2) is 8.42 Å². The van der Waals surface area contributed by atoms with E-state index in [1.807, 2.05) is 6.07 Å². The fraction of sp³-hybridized carbons (Fsp3) is 0.250. The summed E-state index contributed by atoms with van der Waals surface area (Å²) in [5.41, 5.74) is 2.69. The summed E-state index contributed by atoms with van der Waals surface area (Å²) in [5, 5.41) is 9.88. The first-order valence-electron chi connectivity index (χ1n) is 9.54. The molecule has 3 N–H and O–H groups in total. The van der Waals surface area contributed by atoms with Crippen LogP contribution in [0.3, 0.4) is 0 Å². The Hall–Kier alpha value is -3.60. The molecule has 2 aromatic heterocycles. The van der Waals surface area contributed by atoms with Crippen LogP contribution in [0.5, 0.6) is 5.88 Å². The van der Waals surface area contributed by atoms with E-state index in [9.17, 15) is 13.2 Å². The first-order valence-corrected chi connectivity index (χ1v) is 11.4. The molecule has 0 spiro atoms. The minimum atomic E-state index is -3.38. The lowest BCUT2D eigenvalue weighted by Gasteiger charge is -2.18. The Bertz CT molecular complexity index is 1200. The van der Waals surface area contributed by atoms with Gasteiger partial charge in [0.05, 0.1) is 25.2 Å². The van der Waals surface area contributed by atoms with E-state index < -0.39 is 16.1 Å². The number of carbonyl (C=O) groups excluding carboxylic acids is 1. The zero-order chi connectivity index (χ0) is 22.0. The van der Waals surface area contributed by atoms with Crippen LogP contribution in [0.15, 0.2) is 48.8 Å². The zero-order valence-electron chi connectivity index (χ0n) is 17.0. The Kier molecular flexibility index (Phi) is 5.51. The average molecular weight is 443 g/mol. The van der Waals surface area contributed by atoms with E-state index in [4.69, 9.17) is 4.74 Å². The van der Waals surface area contributed by atoms with Gasteiger partial charge in [0.25, 0.3) is 5.91 Å². The van der Waals surface area contributed by atoms with Gasteiger partial charge in [0.15, 0.2) is 0 Å². The second-order valence-electron chi connectivity index (χ2n) is 7.14. The molecule has 4 rings (SSSR count). The monoisotopic (exact) mass is 442 g/mol. The standard InChI is InChI=1S/C20H22N6O4S/c1-30-19-16(13-11-21-22-12-13)6-7-18(24-19)26-9-8-17(20(26)27)23-14-4-3-5-15(10-14)25-31(2,28)29/h3-7,10-12,17,23,25H,8-9H2,1-2H3,(H,21,22). The summed E-state index contributed by atoms with van der Waals surface area (Å²) in [6.45, 7) is 0.499. The van der Waals surface area contributed by atoms with Crippen molar-refractivity contribution >= 4 is 33.1 Å². The van der Waals surface area contributed by atoms with Crippen molar-refractivity contribution in [1.82, 2.24) is 15.2 Å². The average Bonchev–Trinajstić information content (AvgIpc) is 3.37. The maximum atomic E-state index is 13.0. The van der Waals surface area contributed by atoms with Crippen LogP contribution >= 0.6 is 0 Å².